The monoisotopic (exact) mass is 419 g/mol. The van der Waals surface area contributed by atoms with Gasteiger partial charge >= 0.3 is 12.0 Å². The van der Waals surface area contributed by atoms with Gasteiger partial charge in [-0.1, -0.05) is 6.07 Å². The molecule has 1 aliphatic rings. The van der Waals surface area contributed by atoms with E-state index in [1.807, 2.05) is 34.5 Å². The summed E-state index contributed by atoms with van der Waals surface area (Å²) >= 11 is 1.48. The third-order valence-corrected chi connectivity index (χ3v) is 5.37. The number of rotatable bonds is 10. The van der Waals surface area contributed by atoms with E-state index < -0.39 is 12.0 Å². The van der Waals surface area contributed by atoms with Crippen LogP contribution in [0.2, 0.25) is 0 Å². The molecule has 0 saturated heterocycles. The highest BCUT2D eigenvalue weighted by Gasteiger charge is 2.34. The molecule has 0 aliphatic carbocycles. The minimum Gasteiger partial charge on any atom is -0.468 e. The maximum atomic E-state index is 12.8. The third-order valence-electron chi connectivity index (χ3n) is 4.43. The molecule has 1 atom stereocenters. The lowest BCUT2D eigenvalue weighted by Crippen LogP contribution is -2.48. The molecule has 9 heteroatoms. The van der Waals surface area contributed by atoms with Gasteiger partial charge in [0.2, 0.25) is 0 Å². The first-order chi connectivity index (χ1) is 14.1. The van der Waals surface area contributed by atoms with Crippen LogP contribution in [0.1, 0.15) is 23.6 Å². The van der Waals surface area contributed by atoms with Crippen molar-refractivity contribution in [1.29, 1.82) is 0 Å². The van der Waals surface area contributed by atoms with E-state index in [2.05, 4.69) is 10.6 Å². The number of methoxy groups -OCH3 is 1. The number of urea groups is 1. The predicted molar refractivity (Wildman–Crippen MR) is 108 cm³/mol. The Hall–Kier alpha value is -2.62. The largest absolute Gasteiger partial charge is 0.468 e. The summed E-state index contributed by atoms with van der Waals surface area (Å²) in [6.07, 6.45) is 1.62. The Morgan fingerprint density at radius 2 is 2.17 bits per heavy atom. The number of nitrogens with one attached hydrogen (secondary N) is 2. The van der Waals surface area contributed by atoms with E-state index in [4.69, 9.17) is 13.9 Å². The second-order valence-corrected chi connectivity index (χ2v) is 7.42. The number of nitrogens with zero attached hydrogens (tertiary/aromatic N) is 1. The highest BCUT2D eigenvalue weighted by molar-refractivity contribution is 7.10. The van der Waals surface area contributed by atoms with Gasteiger partial charge in [-0.3, -0.25) is 4.90 Å². The van der Waals surface area contributed by atoms with Crippen molar-refractivity contribution in [3.8, 4) is 0 Å². The molecule has 1 aliphatic heterocycles. The number of hydrogen-bond donors (Lipinski definition) is 2. The zero-order valence-electron chi connectivity index (χ0n) is 16.5. The summed E-state index contributed by atoms with van der Waals surface area (Å²) in [7, 11) is 1.63. The number of carbonyl (C=O) groups is 2. The van der Waals surface area contributed by atoms with Crippen molar-refractivity contribution in [3.63, 3.8) is 0 Å². The lowest BCUT2D eigenvalue weighted by atomic mass is 10.0. The maximum Gasteiger partial charge on any atom is 0.338 e. The van der Waals surface area contributed by atoms with Crippen LogP contribution in [0, 0.1) is 0 Å². The number of furan rings is 1. The molecular formula is C20H25N3O5S. The van der Waals surface area contributed by atoms with E-state index in [9.17, 15) is 9.59 Å². The lowest BCUT2D eigenvalue weighted by Gasteiger charge is -2.31. The van der Waals surface area contributed by atoms with Gasteiger partial charge in [0.15, 0.2) is 0 Å². The van der Waals surface area contributed by atoms with Gasteiger partial charge in [-0.05, 0) is 30.5 Å². The second kappa shape index (κ2) is 10.2. The Labute approximate surface area is 173 Å². The zero-order chi connectivity index (χ0) is 20.6. The molecular weight excluding hydrogens is 394 g/mol. The molecule has 2 amide bonds. The van der Waals surface area contributed by atoms with Crippen LogP contribution in [0.5, 0.6) is 0 Å². The number of amides is 2. The Morgan fingerprint density at radius 3 is 2.83 bits per heavy atom. The van der Waals surface area contributed by atoms with Crippen molar-refractivity contribution < 1.29 is 23.5 Å². The minimum atomic E-state index is -0.550. The maximum absolute atomic E-state index is 12.8. The summed E-state index contributed by atoms with van der Waals surface area (Å²) in [5.74, 6) is 0.340. The topological polar surface area (TPSA) is 93.0 Å². The van der Waals surface area contributed by atoms with Crippen molar-refractivity contribution in [2.24, 2.45) is 0 Å². The molecule has 8 nitrogen and oxygen atoms in total. The molecule has 3 heterocycles. The number of thiophene rings is 1. The summed E-state index contributed by atoms with van der Waals surface area (Å²) in [6.45, 7) is 3.97. The molecule has 0 aromatic carbocycles. The molecule has 0 saturated carbocycles. The number of carbonyl (C=O) groups excluding carboxylic acids is 2. The molecule has 0 fully saturated rings. The number of esters is 1. The van der Waals surface area contributed by atoms with Crippen molar-refractivity contribution in [2.45, 2.75) is 19.5 Å². The Kier molecular flexibility index (Phi) is 7.45. The summed E-state index contributed by atoms with van der Waals surface area (Å²) in [4.78, 5) is 28.1. The summed E-state index contributed by atoms with van der Waals surface area (Å²) in [5, 5.41) is 7.56. The van der Waals surface area contributed by atoms with E-state index in [1.54, 1.807) is 20.3 Å². The average molecular weight is 420 g/mol. The van der Waals surface area contributed by atoms with E-state index in [0.29, 0.717) is 37.5 Å². The standard InChI is InChI=1S/C20H25N3O5S/c1-3-27-19(24)17-15(21-20(25)22-18(17)16-7-5-11-29-16)13-23(8-10-26-2)12-14-6-4-9-28-14/h4-7,9,11,18H,3,8,10,12-13H2,1-2H3,(H2,21,22,25)/t18-/m1/s1. The van der Waals surface area contributed by atoms with Gasteiger partial charge in [-0.15, -0.1) is 11.3 Å². The fourth-order valence-electron chi connectivity index (χ4n) is 3.14. The molecule has 0 radical (unpaired) electrons. The molecule has 2 N–H and O–H groups in total. The van der Waals surface area contributed by atoms with Crippen molar-refractivity contribution in [3.05, 3.63) is 57.8 Å². The van der Waals surface area contributed by atoms with Crippen LogP contribution in [0.4, 0.5) is 4.79 Å². The van der Waals surface area contributed by atoms with Crippen LogP contribution in [0.25, 0.3) is 0 Å². The molecule has 2 aromatic rings. The second-order valence-electron chi connectivity index (χ2n) is 6.44. The first-order valence-corrected chi connectivity index (χ1v) is 10.2. The van der Waals surface area contributed by atoms with Gasteiger partial charge in [0.25, 0.3) is 0 Å². The first-order valence-electron chi connectivity index (χ1n) is 9.37. The summed E-state index contributed by atoms with van der Waals surface area (Å²) in [6, 6.07) is 6.59. The average Bonchev–Trinajstić information content (AvgIpc) is 3.40. The third kappa shape index (κ3) is 5.47. The van der Waals surface area contributed by atoms with Crippen LogP contribution in [0.15, 0.2) is 51.6 Å². The molecule has 29 heavy (non-hydrogen) atoms. The van der Waals surface area contributed by atoms with Crippen LogP contribution >= 0.6 is 11.3 Å². The molecule has 3 rings (SSSR count). The van der Waals surface area contributed by atoms with Gasteiger partial charge in [0, 0.05) is 30.8 Å². The van der Waals surface area contributed by atoms with E-state index in [0.717, 1.165) is 10.6 Å². The zero-order valence-corrected chi connectivity index (χ0v) is 17.3. The van der Waals surface area contributed by atoms with E-state index in [-0.39, 0.29) is 12.6 Å². The van der Waals surface area contributed by atoms with Crippen LogP contribution in [-0.2, 0) is 20.8 Å². The van der Waals surface area contributed by atoms with Crippen molar-refractivity contribution in [1.82, 2.24) is 15.5 Å². The molecule has 2 aromatic heterocycles. The van der Waals surface area contributed by atoms with Gasteiger partial charge in [-0.2, -0.15) is 0 Å². The lowest BCUT2D eigenvalue weighted by molar-refractivity contribution is -0.139. The van der Waals surface area contributed by atoms with Gasteiger partial charge in [0.05, 0.1) is 37.6 Å². The minimum absolute atomic E-state index is 0.251. The smallest absolute Gasteiger partial charge is 0.338 e. The Balaban J connectivity index is 1.93. The van der Waals surface area contributed by atoms with Gasteiger partial charge in [-0.25, -0.2) is 9.59 Å². The highest BCUT2D eigenvalue weighted by atomic mass is 32.1. The predicted octanol–water partition coefficient (Wildman–Crippen LogP) is 2.66. The summed E-state index contributed by atoms with van der Waals surface area (Å²) in [5.41, 5.74) is 0.934. The van der Waals surface area contributed by atoms with Crippen molar-refractivity contribution >= 4 is 23.3 Å². The fraction of sp³-hybridized carbons (Fsp3) is 0.400. The number of ether oxygens (including phenoxy) is 2. The highest BCUT2D eigenvalue weighted by Crippen LogP contribution is 2.31. The van der Waals surface area contributed by atoms with E-state index in [1.165, 1.54) is 11.3 Å². The van der Waals surface area contributed by atoms with Crippen LogP contribution < -0.4 is 10.6 Å². The molecule has 0 bridgehead atoms. The van der Waals surface area contributed by atoms with Crippen molar-refractivity contribution in [2.75, 3.05) is 33.4 Å². The van der Waals surface area contributed by atoms with Gasteiger partial charge < -0.3 is 24.5 Å². The molecule has 156 valence electrons. The quantitative estimate of drug-likeness (QED) is 0.575. The number of hydrogen-bond acceptors (Lipinski definition) is 7. The SMILES string of the molecule is CCOC(=O)C1=C(CN(CCOC)Cc2ccco2)NC(=O)N[C@@H]1c1cccs1. The Bertz CT molecular complexity index is 832. The van der Waals surface area contributed by atoms with Crippen LogP contribution in [0.3, 0.4) is 0 Å². The molecule has 0 spiro atoms. The van der Waals surface area contributed by atoms with Crippen LogP contribution in [-0.4, -0.2) is 50.3 Å². The first kappa shape index (κ1) is 21.1. The summed E-state index contributed by atoms with van der Waals surface area (Å²) < 4.78 is 16.0. The van der Waals surface area contributed by atoms with E-state index >= 15 is 0 Å². The molecule has 0 unspecified atom stereocenters. The Morgan fingerprint density at radius 1 is 1.31 bits per heavy atom. The fourth-order valence-corrected chi connectivity index (χ4v) is 3.93. The normalized spacial score (nSPS) is 16.7. The van der Waals surface area contributed by atoms with Gasteiger partial charge in [0.1, 0.15) is 5.76 Å².